The Balaban J connectivity index is 1.50. The molecule has 1 saturated heterocycles. The van der Waals surface area contributed by atoms with E-state index in [0.29, 0.717) is 23.6 Å². The van der Waals surface area contributed by atoms with Gasteiger partial charge in [0.25, 0.3) is 5.56 Å². The number of halogens is 1. The normalized spacial score (nSPS) is 16.1. The average molecular weight is 524 g/mol. The van der Waals surface area contributed by atoms with E-state index in [-0.39, 0.29) is 28.7 Å². The molecule has 0 aliphatic carbocycles. The van der Waals surface area contributed by atoms with Crippen LogP contribution in [0.15, 0.2) is 64.4 Å². The lowest BCUT2D eigenvalue weighted by Crippen LogP contribution is -2.33. The first-order valence-corrected chi connectivity index (χ1v) is 13.7. The highest BCUT2D eigenvalue weighted by atomic mass is 32.2. The molecule has 1 aliphatic heterocycles. The molecule has 0 radical (unpaired) electrons. The fraction of sp³-hybridized carbons (Fsp3) is 0.269. The summed E-state index contributed by atoms with van der Waals surface area (Å²) in [6.45, 7) is 4.34. The van der Waals surface area contributed by atoms with Gasteiger partial charge in [0.05, 0.1) is 23.2 Å². The van der Waals surface area contributed by atoms with Gasteiger partial charge in [-0.15, -0.1) is 0 Å². The largest absolute Gasteiger partial charge is 0.371 e. The van der Waals surface area contributed by atoms with Crippen LogP contribution in [0.3, 0.4) is 0 Å². The molecule has 9 nitrogen and oxygen atoms in total. The van der Waals surface area contributed by atoms with E-state index < -0.39 is 21.2 Å². The van der Waals surface area contributed by atoms with Crippen LogP contribution in [0.2, 0.25) is 0 Å². The molecule has 2 aromatic carbocycles. The minimum atomic E-state index is -3.58. The molecule has 1 aliphatic rings. The molecule has 2 aromatic heterocycles. The third-order valence-electron chi connectivity index (χ3n) is 6.27. The zero-order chi connectivity index (χ0) is 26.2. The Kier molecular flexibility index (Phi) is 6.76. The molecule has 0 spiro atoms. The second-order valence-electron chi connectivity index (χ2n) is 8.80. The maximum atomic E-state index is 14.7. The highest BCUT2D eigenvalue weighted by molar-refractivity contribution is 7.90. The fourth-order valence-corrected chi connectivity index (χ4v) is 4.98. The summed E-state index contributed by atoms with van der Waals surface area (Å²) in [4.78, 5) is 22.2. The van der Waals surface area contributed by atoms with Gasteiger partial charge in [0.1, 0.15) is 11.5 Å². The van der Waals surface area contributed by atoms with Crippen LogP contribution in [0.4, 0.5) is 16.0 Å². The molecule has 37 heavy (non-hydrogen) atoms. The number of ether oxygens (including phenoxy) is 1. The lowest BCUT2D eigenvalue weighted by molar-refractivity contribution is 0.0277. The van der Waals surface area contributed by atoms with Gasteiger partial charge in [0, 0.05) is 48.7 Å². The van der Waals surface area contributed by atoms with Crippen LogP contribution in [-0.4, -0.2) is 48.9 Å². The Bertz CT molecular complexity index is 1630. The Morgan fingerprint density at radius 3 is 2.62 bits per heavy atom. The lowest BCUT2D eigenvalue weighted by Gasteiger charge is -2.24. The molecule has 1 fully saturated rings. The first-order valence-electron chi connectivity index (χ1n) is 11.8. The van der Waals surface area contributed by atoms with Gasteiger partial charge < -0.3 is 15.4 Å². The van der Waals surface area contributed by atoms with E-state index in [1.54, 1.807) is 13.1 Å². The third kappa shape index (κ3) is 5.10. The maximum absolute atomic E-state index is 14.7. The summed E-state index contributed by atoms with van der Waals surface area (Å²) >= 11 is 0. The zero-order valence-corrected chi connectivity index (χ0v) is 21.2. The van der Waals surface area contributed by atoms with Gasteiger partial charge in [-0.3, -0.25) is 9.36 Å². The Morgan fingerprint density at radius 1 is 1.16 bits per heavy atom. The Morgan fingerprint density at radius 2 is 1.95 bits per heavy atom. The van der Waals surface area contributed by atoms with Crippen LogP contribution in [0.1, 0.15) is 18.6 Å². The van der Waals surface area contributed by atoms with Crippen LogP contribution >= 0.6 is 0 Å². The van der Waals surface area contributed by atoms with Gasteiger partial charge in [-0.1, -0.05) is 12.1 Å². The van der Waals surface area contributed by atoms with Crippen molar-refractivity contribution in [2.45, 2.75) is 24.5 Å². The number of aryl methyl sites for hydroxylation is 1. The minimum absolute atomic E-state index is 0.0101. The standard InChI is InChI=1S/C26H26FN5O4S/c1-3-32-24-17(12-21(25(32)33)20-13-19(37(2,34)35)8-9-22(20)27)14-29-26(31-24)30-18-6-4-16(5-7-18)23-15-28-10-11-36-23/h4-9,12-14,23,28H,3,10-11,15H2,1-2H3,(H,29,30,31). The van der Waals surface area contributed by atoms with Crippen molar-refractivity contribution in [3.8, 4) is 11.1 Å². The van der Waals surface area contributed by atoms with Crippen molar-refractivity contribution in [1.82, 2.24) is 19.9 Å². The van der Waals surface area contributed by atoms with Crippen LogP contribution < -0.4 is 16.2 Å². The molecule has 0 saturated carbocycles. The molecule has 2 N–H and O–H groups in total. The molecule has 0 amide bonds. The number of nitrogens with zero attached hydrogens (tertiary/aromatic N) is 3. The average Bonchev–Trinajstić information content (AvgIpc) is 2.89. The number of rotatable bonds is 6. The first-order chi connectivity index (χ1) is 17.7. The molecule has 5 rings (SSSR count). The molecule has 1 unspecified atom stereocenters. The smallest absolute Gasteiger partial charge is 0.260 e. The predicted octanol–water partition coefficient (Wildman–Crippen LogP) is 3.43. The van der Waals surface area contributed by atoms with Gasteiger partial charge >= 0.3 is 0 Å². The molecular weight excluding hydrogens is 497 g/mol. The van der Waals surface area contributed by atoms with E-state index in [2.05, 4.69) is 20.6 Å². The minimum Gasteiger partial charge on any atom is -0.371 e. The number of benzene rings is 2. The highest BCUT2D eigenvalue weighted by Gasteiger charge is 2.19. The van der Waals surface area contributed by atoms with Crippen molar-refractivity contribution in [3.63, 3.8) is 0 Å². The summed E-state index contributed by atoms with van der Waals surface area (Å²) in [5.41, 5.74) is 1.69. The molecule has 11 heteroatoms. The highest BCUT2D eigenvalue weighted by Crippen LogP contribution is 2.27. The number of morpholine rings is 1. The predicted molar refractivity (Wildman–Crippen MR) is 139 cm³/mol. The van der Waals surface area contributed by atoms with Crippen molar-refractivity contribution in [1.29, 1.82) is 0 Å². The van der Waals surface area contributed by atoms with E-state index in [1.807, 2.05) is 24.3 Å². The SMILES string of the molecule is CCn1c(=O)c(-c2cc(S(C)(=O)=O)ccc2F)cc2cnc(Nc3ccc(C4CNCCO4)cc3)nc21. The second kappa shape index (κ2) is 10.0. The van der Waals surface area contributed by atoms with Gasteiger partial charge in [0.15, 0.2) is 9.84 Å². The summed E-state index contributed by atoms with van der Waals surface area (Å²) in [6, 6.07) is 12.7. The van der Waals surface area contributed by atoms with Gasteiger partial charge in [-0.25, -0.2) is 17.8 Å². The molecule has 1 atom stereocenters. The lowest BCUT2D eigenvalue weighted by atomic mass is 10.1. The van der Waals surface area contributed by atoms with E-state index in [0.717, 1.165) is 36.7 Å². The fourth-order valence-electron chi connectivity index (χ4n) is 4.34. The Labute approximate surface area is 213 Å². The molecule has 0 bridgehead atoms. The van der Waals surface area contributed by atoms with Crippen LogP contribution in [0, 0.1) is 5.82 Å². The number of hydrogen-bond donors (Lipinski definition) is 2. The number of nitrogens with one attached hydrogen (secondary N) is 2. The summed E-state index contributed by atoms with van der Waals surface area (Å²) in [5, 5.41) is 6.98. The molecule has 3 heterocycles. The third-order valence-corrected chi connectivity index (χ3v) is 7.38. The summed E-state index contributed by atoms with van der Waals surface area (Å²) < 4.78 is 45.9. The van der Waals surface area contributed by atoms with Crippen LogP contribution in [-0.2, 0) is 21.1 Å². The topological polar surface area (TPSA) is 115 Å². The number of aromatic nitrogens is 3. The monoisotopic (exact) mass is 523 g/mol. The van der Waals surface area contributed by atoms with E-state index in [1.165, 1.54) is 22.8 Å². The number of sulfone groups is 1. The van der Waals surface area contributed by atoms with E-state index in [4.69, 9.17) is 4.74 Å². The number of anilines is 2. The van der Waals surface area contributed by atoms with Gasteiger partial charge in [-0.2, -0.15) is 4.98 Å². The maximum Gasteiger partial charge on any atom is 0.260 e. The van der Waals surface area contributed by atoms with Crippen molar-refractivity contribution in [2.24, 2.45) is 0 Å². The number of hydrogen-bond acceptors (Lipinski definition) is 8. The zero-order valence-electron chi connectivity index (χ0n) is 20.4. The summed E-state index contributed by atoms with van der Waals surface area (Å²) in [5.74, 6) is -0.390. The molecule has 4 aromatic rings. The summed E-state index contributed by atoms with van der Waals surface area (Å²) in [7, 11) is -3.58. The Hall–Kier alpha value is -3.67. The van der Waals surface area contributed by atoms with E-state index in [9.17, 15) is 17.6 Å². The quantitative estimate of drug-likeness (QED) is 0.370. The van der Waals surface area contributed by atoms with Gasteiger partial charge in [0.2, 0.25) is 5.95 Å². The van der Waals surface area contributed by atoms with Crippen LogP contribution in [0.5, 0.6) is 0 Å². The first kappa shape index (κ1) is 25.0. The van der Waals surface area contributed by atoms with Gasteiger partial charge in [-0.05, 0) is 48.9 Å². The van der Waals surface area contributed by atoms with Crippen molar-refractivity contribution >= 4 is 32.5 Å². The molecule has 192 valence electrons. The second-order valence-corrected chi connectivity index (χ2v) is 10.8. The van der Waals surface area contributed by atoms with E-state index >= 15 is 0 Å². The molecular formula is C26H26FN5O4S. The van der Waals surface area contributed by atoms with Crippen LogP contribution in [0.25, 0.3) is 22.2 Å². The van der Waals surface area contributed by atoms with Crippen molar-refractivity contribution in [3.05, 3.63) is 76.5 Å². The summed E-state index contributed by atoms with van der Waals surface area (Å²) in [6.07, 6.45) is 2.59. The number of pyridine rings is 1. The van der Waals surface area contributed by atoms with Crippen molar-refractivity contribution in [2.75, 3.05) is 31.3 Å². The number of fused-ring (bicyclic) bond motifs is 1. The van der Waals surface area contributed by atoms with Crippen molar-refractivity contribution < 1.29 is 17.5 Å².